The van der Waals surface area contributed by atoms with Crippen molar-refractivity contribution in [1.82, 2.24) is 19.9 Å². The number of benzene rings is 1. The van der Waals surface area contributed by atoms with Gasteiger partial charge in [-0.25, -0.2) is 23.4 Å². The number of fused-ring (bicyclic) bond motifs is 2. The van der Waals surface area contributed by atoms with Crippen LogP contribution in [-0.4, -0.2) is 41.1 Å². The molecule has 2 aromatic heterocycles. The quantitative estimate of drug-likeness (QED) is 0.495. The Kier molecular flexibility index (Phi) is 4.61. The molecule has 0 saturated heterocycles. The van der Waals surface area contributed by atoms with E-state index < -0.39 is 9.84 Å². The first-order valence-corrected chi connectivity index (χ1v) is 10.9. The summed E-state index contributed by atoms with van der Waals surface area (Å²) in [6, 6.07) is 8.18. The second-order valence-corrected chi connectivity index (χ2v) is 9.21. The van der Waals surface area contributed by atoms with Crippen molar-refractivity contribution < 1.29 is 8.42 Å². The van der Waals surface area contributed by atoms with Crippen molar-refractivity contribution in [1.29, 1.82) is 0 Å². The van der Waals surface area contributed by atoms with Crippen LogP contribution in [0.2, 0.25) is 5.15 Å². The van der Waals surface area contributed by atoms with E-state index in [-0.39, 0.29) is 5.16 Å². The summed E-state index contributed by atoms with van der Waals surface area (Å²) in [4.78, 5) is 15.1. The van der Waals surface area contributed by atoms with E-state index in [0.29, 0.717) is 24.7 Å². The number of nitrogens with zero attached hydrogens (tertiary/aromatic N) is 4. The zero-order chi connectivity index (χ0) is 19.2. The summed E-state index contributed by atoms with van der Waals surface area (Å²) in [6.07, 6.45) is 3.42. The average molecular weight is 403 g/mol. The molecule has 1 aromatic carbocycles. The van der Waals surface area contributed by atoms with Gasteiger partial charge in [0, 0.05) is 55.0 Å². The van der Waals surface area contributed by atoms with Gasteiger partial charge in [0.25, 0.3) is 0 Å². The lowest BCUT2D eigenvalue weighted by atomic mass is 10.1. The van der Waals surface area contributed by atoms with E-state index in [4.69, 9.17) is 11.6 Å². The Labute approximate surface area is 163 Å². The number of hydrogen-bond donors (Lipinski definition) is 0. The molecule has 3 aromatic rings. The highest BCUT2D eigenvalue weighted by Gasteiger charge is 2.22. The normalized spacial score (nSPS) is 15.1. The number of aromatic nitrogens is 3. The molecule has 6 nitrogen and oxygen atoms in total. The molecule has 8 heteroatoms. The summed E-state index contributed by atoms with van der Waals surface area (Å²) in [5, 5.41) is 1.49. The molecule has 0 atom stereocenters. The van der Waals surface area contributed by atoms with E-state index in [2.05, 4.69) is 25.9 Å². The van der Waals surface area contributed by atoms with Gasteiger partial charge in [0.15, 0.2) is 0 Å². The Morgan fingerprint density at radius 3 is 2.85 bits per heavy atom. The number of aryl methyl sites for hydroxylation is 1. The van der Waals surface area contributed by atoms with Gasteiger partial charge in [-0.3, -0.25) is 4.90 Å². The van der Waals surface area contributed by atoms with Crippen molar-refractivity contribution in [2.75, 3.05) is 12.8 Å². The van der Waals surface area contributed by atoms with Crippen LogP contribution >= 0.6 is 11.6 Å². The van der Waals surface area contributed by atoms with Crippen molar-refractivity contribution in [2.24, 2.45) is 0 Å². The van der Waals surface area contributed by atoms with E-state index in [0.717, 1.165) is 46.1 Å². The van der Waals surface area contributed by atoms with Gasteiger partial charge >= 0.3 is 0 Å². The van der Waals surface area contributed by atoms with Crippen LogP contribution in [0.25, 0.3) is 10.9 Å². The van der Waals surface area contributed by atoms with Gasteiger partial charge in [-0.2, -0.15) is 0 Å². The van der Waals surface area contributed by atoms with Crippen LogP contribution in [0.1, 0.15) is 22.4 Å². The fraction of sp³-hybridized carbons (Fsp3) is 0.316. The SMILES string of the molecule is Cc1cccc2cc(CN3CCc4nc(S(C)(=O)=O)ncc4C3)c(Cl)nc12. The van der Waals surface area contributed by atoms with Crippen LogP contribution in [-0.2, 0) is 29.3 Å². The van der Waals surface area contributed by atoms with E-state index in [1.165, 1.54) is 0 Å². The van der Waals surface area contributed by atoms with Gasteiger partial charge in [-0.05, 0) is 18.6 Å². The third-order valence-corrected chi connectivity index (χ3v) is 5.98. The summed E-state index contributed by atoms with van der Waals surface area (Å²) in [6.45, 7) is 4.12. The molecule has 0 unspecified atom stereocenters. The minimum atomic E-state index is -3.39. The van der Waals surface area contributed by atoms with Crippen molar-refractivity contribution >= 4 is 32.3 Å². The Balaban J connectivity index is 1.58. The largest absolute Gasteiger partial charge is 0.294 e. The van der Waals surface area contributed by atoms with Gasteiger partial charge in [0.05, 0.1) is 11.2 Å². The maximum atomic E-state index is 11.6. The Bertz CT molecular complexity index is 1150. The van der Waals surface area contributed by atoms with Gasteiger partial charge in [0.2, 0.25) is 15.0 Å². The van der Waals surface area contributed by atoms with Crippen molar-refractivity contribution in [3.8, 4) is 0 Å². The summed E-state index contributed by atoms with van der Waals surface area (Å²) in [7, 11) is -3.39. The molecule has 0 bridgehead atoms. The Hall–Kier alpha value is -2.09. The van der Waals surface area contributed by atoms with Gasteiger partial charge in [-0.15, -0.1) is 0 Å². The smallest absolute Gasteiger partial charge is 0.246 e. The predicted octanol–water partition coefficient (Wildman–Crippen LogP) is 2.95. The lowest BCUT2D eigenvalue weighted by Gasteiger charge is -2.28. The van der Waals surface area contributed by atoms with Gasteiger partial charge < -0.3 is 0 Å². The molecule has 3 heterocycles. The molecule has 1 aliphatic heterocycles. The van der Waals surface area contributed by atoms with Crippen molar-refractivity contribution in [3.05, 3.63) is 58.0 Å². The van der Waals surface area contributed by atoms with Crippen LogP contribution in [0.15, 0.2) is 35.6 Å². The lowest BCUT2D eigenvalue weighted by Crippen LogP contribution is -2.31. The molecule has 0 saturated carbocycles. The van der Waals surface area contributed by atoms with E-state index in [1.807, 2.05) is 25.1 Å². The summed E-state index contributed by atoms with van der Waals surface area (Å²) < 4.78 is 23.3. The van der Waals surface area contributed by atoms with E-state index in [1.54, 1.807) is 6.20 Å². The minimum Gasteiger partial charge on any atom is -0.294 e. The molecule has 1 aliphatic rings. The second-order valence-electron chi connectivity index (χ2n) is 6.94. The minimum absolute atomic E-state index is 0.105. The number of rotatable bonds is 3. The van der Waals surface area contributed by atoms with Crippen molar-refractivity contribution in [2.45, 2.75) is 31.6 Å². The molecule has 140 valence electrons. The maximum absolute atomic E-state index is 11.6. The summed E-state index contributed by atoms with van der Waals surface area (Å²) in [5.74, 6) is 0. The van der Waals surface area contributed by atoms with Crippen LogP contribution in [0.4, 0.5) is 0 Å². The third kappa shape index (κ3) is 3.67. The fourth-order valence-corrected chi connectivity index (χ4v) is 4.11. The van der Waals surface area contributed by atoms with Crippen LogP contribution in [0.5, 0.6) is 0 Å². The van der Waals surface area contributed by atoms with E-state index >= 15 is 0 Å². The molecular weight excluding hydrogens is 384 g/mol. The molecule has 27 heavy (non-hydrogen) atoms. The monoisotopic (exact) mass is 402 g/mol. The molecule has 0 amide bonds. The van der Waals surface area contributed by atoms with E-state index in [9.17, 15) is 8.42 Å². The molecule has 0 spiro atoms. The maximum Gasteiger partial charge on any atom is 0.246 e. The highest BCUT2D eigenvalue weighted by atomic mass is 35.5. The highest BCUT2D eigenvalue weighted by Crippen LogP contribution is 2.26. The molecule has 0 N–H and O–H groups in total. The zero-order valence-electron chi connectivity index (χ0n) is 15.1. The summed E-state index contributed by atoms with van der Waals surface area (Å²) >= 11 is 6.44. The third-order valence-electron chi connectivity index (χ3n) is 4.79. The average Bonchev–Trinajstić information content (AvgIpc) is 2.62. The lowest BCUT2D eigenvalue weighted by molar-refractivity contribution is 0.242. The number of para-hydroxylation sites is 1. The molecule has 4 rings (SSSR count). The zero-order valence-corrected chi connectivity index (χ0v) is 16.7. The Morgan fingerprint density at radius 1 is 1.26 bits per heavy atom. The van der Waals surface area contributed by atoms with Crippen LogP contribution in [0, 0.1) is 6.92 Å². The number of halogens is 1. The Morgan fingerprint density at radius 2 is 2.07 bits per heavy atom. The topological polar surface area (TPSA) is 76.1 Å². The number of pyridine rings is 1. The van der Waals surface area contributed by atoms with Crippen LogP contribution < -0.4 is 0 Å². The molecule has 0 radical (unpaired) electrons. The first-order valence-electron chi connectivity index (χ1n) is 8.63. The first-order chi connectivity index (χ1) is 12.8. The first kappa shape index (κ1) is 18.3. The number of sulfone groups is 1. The molecule has 0 fully saturated rings. The van der Waals surface area contributed by atoms with Gasteiger partial charge in [0.1, 0.15) is 5.15 Å². The van der Waals surface area contributed by atoms with Gasteiger partial charge in [-0.1, -0.05) is 29.8 Å². The standard InChI is InChI=1S/C19H19ClN4O2S/c1-12-4-3-5-13-8-14(18(20)23-17(12)13)10-24-7-6-16-15(11-24)9-21-19(22-16)27(2,25)26/h3-5,8-9H,6-7,10-11H2,1-2H3. The highest BCUT2D eigenvalue weighted by molar-refractivity contribution is 7.90. The fourth-order valence-electron chi connectivity index (χ4n) is 3.39. The molecular formula is C19H19ClN4O2S. The van der Waals surface area contributed by atoms with Crippen LogP contribution in [0.3, 0.4) is 0 Å². The number of hydrogen-bond acceptors (Lipinski definition) is 6. The summed E-state index contributed by atoms with van der Waals surface area (Å²) in [5.41, 5.74) is 4.77. The molecule has 0 aliphatic carbocycles. The van der Waals surface area contributed by atoms with Crippen molar-refractivity contribution in [3.63, 3.8) is 0 Å². The second kappa shape index (κ2) is 6.82. The predicted molar refractivity (Wildman–Crippen MR) is 104 cm³/mol.